The van der Waals surface area contributed by atoms with E-state index in [1.165, 1.54) is 11.3 Å². The minimum atomic E-state index is -0.0467. The van der Waals surface area contributed by atoms with Gasteiger partial charge in [0.05, 0.1) is 5.56 Å². The number of amides is 1. The molecule has 1 amide bonds. The van der Waals surface area contributed by atoms with Gasteiger partial charge >= 0.3 is 0 Å². The van der Waals surface area contributed by atoms with E-state index in [0.29, 0.717) is 12.1 Å². The van der Waals surface area contributed by atoms with Crippen molar-refractivity contribution in [2.75, 3.05) is 63.2 Å². The lowest BCUT2D eigenvalue weighted by Crippen LogP contribution is -2.46. The first-order valence-corrected chi connectivity index (χ1v) is 10.5. The average molecular weight is 396 g/mol. The summed E-state index contributed by atoms with van der Waals surface area (Å²) >= 11 is 0. The molecule has 0 bridgehead atoms. The van der Waals surface area contributed by atoms with E-state index in [4.69, 9.17) is 0 Å². The standard InChI is InChI=1S/C23H33N5O/c1-19-7-6-8-21(17-19)28-15-13-27(14-16-28)12-5-4-11-24-23(29)20-9-10-22(25-18-20)26(2)3/h6-10,17-18H,4-5,11-16H2,1-3H3,(H,24,29). The lowest BCUT2D eigenvalue weighted by atomic mass is 10.2. The summed E-state index contributed by atoms with van der Waals surface area (Å²) in [6.45, 7) is 8.31. The Morgan fingerprint density at radius 1 is 1.10 bits per heavy atom. The topological polar surface area (TPSA) is 51.7 Å². The predicted octanol–water partition coefficient (Wildman–Crippen LogP) is 2.79. The van der Waals surface area contributed by atoms with Crippen molar-refractivity contribution >= 4 is 17.4 Å². The van der Waals surface area contributed by atoms with Gasteiger partial charge in [-0.25, -0.2) is 4.98 Å². The first kappa shape index (κ1) is 21.1. The fraction of sp³-hybridized carbons (Fsp3) is 0.478. The highest BCUT2D eigenvalue weighted by Gasteiger charge is 2.16. The summed E-state index contributed by atoms with van der Waals surface area (Å²) in [5.41, 5.74) is 3.26. The molecule has 29 heavy (non-hydrogen) atoms. The maximum atomic E-state index is 12.2. The van der Waals surface area contributed by atoms with Crippen LogP contribution in [-0.2, 0) is 0 Å². The molecule has 0 spiro atoms. The van der Waals surface area contributed by atoms with Crippen LogP contribution in [0.25, 0.3) is 0 Å². The highest BCUT2D eigenvalue weighted by atomic mass is 16.1. The quantitative estimate of drug-likeness (QED) is 0.697. The summed E-state index contributed by atoms with van der Waals surface area (Å²) < 4.78 is 0. The Labute approximate surface area is 174 Å². The number of carbonyl (C=O) groups excluding carboxylic acids is 1. The summed E-state index contributed by atoms with van der Waals surface area (Å²) in [6, 6.07) is 12.4. The summed E-state index contributed by atoms with van der Waals surface area (Å²) in [5, 5.41) is 3.00. The molecular formula is C23H33N5O. The molecule has 1 saturated heterocycles. The number of nitrogens with one attached hydrogen (secondary N) is 1. The third-order valence-electron chi connectivity index (χ3n) is 5.39. The maximum Gasteiger partial charge on any atom is 0.252 e. The second-order valence-electron chi connectivity index (χ2n) is 7.93. The zero-order chi connectivity index (χ0) is 20.6. The Hall–Kier alpha value is -2.60. The number of unbranched alkanes of at least 4 members (excludes halogenated alkanes) is 1. The zero-order valence-electron chi connectivity index (χ0n) is 17.9. The lowest BCUT2D eigenvalue weighted by molar-refractivity contribution is 0.0952. The SMILES string of the molecule is Cc1cccc(N2CCN(CCCCNC(=O)c3ccc(N(C)C)nc3)CC2)c1. The highest BCUT2D eigenvalue weighted by Crippen LogP contribution is 2.18. The van der Waals surface area contributed by atoms with E-state index in [1.54, 1.807) is 6.20 Å². The van der Waals surface area contributed by atoms with Gasteiger partial charge in [0.25, 0.3) is 5.91 Å². The Kier molecular flexibility index (Phi) is 7.47. The van der Waals surface area contributed by atoms with Gasteiger partial charge in [-0.1, -0.05) is 12.1 Å². The van der Waals surface area contributed by atoms with E-state index in [-0.39, 0.29) is 5.91 Å². The smallest absolute Gasteiger partial charge is 0.252 e. The Morgan fingerprint density at radius 2 is 1.90 bits per heavy atom. The summed E-state index contributed by atoms with van der Waals surface area (Å²) in [7, 11) is 3.87. The van der Waals surface area contributed by atoms with Crippen LogP contribution in [0.3, 0.4) is 0 Å². The Balaban J connectivity index is 1.30. The average Bonchev–Trinajstić information content (AvgIpc) is 2.74. The molecule has 1 aromatic carbocycles. The zero-order valence-corrected chi connectivity index (χ0v) is 17.9. The van der Waals surface area contributed by atoms with Crippen LogP contribution in [0.4, 0.5) is 11.5 Å². The van der Waals surface area contributed by atoms with E-state index in [9.17, 15) is 4.79 Å². The normalized spacial score (nSPS) is 14.7. The molecule has 0 aliphatic carbocycles. The molecular weight excluding hydrogens is 362 g/mol. The van der Waals surface area contributed by atoms with Crippen molar-refractivity contribution in [3.8, 4) is 0 Å². The van der Waals surface area contributed by atoms with Crippen molar-refractivity contribution in [3.05, 3.63) is 53.7 Å². The van der Waals surface area contributed by atoms with Gasteiger partial charge in [0, 0.05) is 58.7 Å². The molecule has 6 nitrogen and oxygen atoms in total. The van der Waals surface area contributed by atoms with Gasteiger partial charge < -0.3 is 15.1 Å². The van der Waals surface area contributed by atoms with Crippen molar-refractivity contribution in [1.82, 2.24) is 15.2 Å². The lowest BCUT2D eigenvalue weighted by Gasteiger charge is -2.36. The molecule has 6 heteroatoms. The molecule has 0 atom stereocenters. The van der Waals surface area contributed by atoms with Crippen LogP contribution < -0.4 is 15.1 Å². The summed E-state index contributed by atoms with van der Waals surface area (Å²) in [5.74, 6) is 0.804. The molecule has 156 valence electrons. The van der Waals surface area contributed by atoms with Crippen LogP contribution in [0.2, 0.25) is 0 Å². The molecule has 0 unspecified atom stereocenters. The van der Waals surface area contributed by atoms with Crippen LogP contribution in [0, 0.1) is 6.92 Å². The van der Waals surface area contributed by atoms with Gasteiger partial charge in [0.1, 0.15) is 5.82 Å². The molecule has 1 aromatic heterocycles. The van der Waals surface area contributed by atoms with Crippen molar-refractivity contribution in [2.24, 2.45) is 0 Å². The van der Waals surface area contributed by atoms with Gasteiger partial charge in [-0.2, -0.15) is 0 Å². The number of benzene rings is 1. The summed E-state index contributed by atoms with van der Waals surface area (Å²) in [4.78, 5) is 23.4. The number of nitrogens with zero attached hydrogens (tertiary/aromatic N) is 4. The third-order valence-corrected chi connectivity index (χ3v) is 5.39. The van der Waals surface area contributed by atoms with E-state index in [0.717, 1.165) is 51.4 Å². The molecule has 1 fully saturated rings. The minimum absolute atomic E-state index is 0.0467. The van der Waals surface area contributed by atoms with Gasteiger partial charge in [-0.15, -0.1) is 0 Å². The minimum Gasteiger partial charge on any atom is -0.369 e. The first-order chi connectivity index (χ1) is 14.0. The number of anilines is 2. The number of pyridine rings is 1. The third kappa shape index (κ3) is 6.19. The second kappa shape index (κ2) is 10.3. The number of carbonyl (C=O) groups is 1. The van der Waals surface area contributed by atoms with Crippen molar-refractivity contribution < 1.29 is 4.79 Å². The highest BCUT2D eigenvalue weighted by molar-refractivity contribution is 5.94. The van der Waals surface area contributed by atoms with Crippen LogP contribution in [0.5, 0.6) is 0 Å². The first-order valence-electron chi connectivity index (χ1n) is 10.5. The van der Waals surface area contributed by atoms with E-state index >= 15 is 0 Å². The Bertz CT molecular complexity index is 782. The molecule has 0 saturated carbocycles. The number of hydrogen-bond acceptors (Lipinski definition) is 5. The van der Waals surface area contributed by atoms with E-state index < -0.39 is 0 Å². The predicted molar refractivity (Wildman–Crippen MR) is 120 cm³/mol. The molecule has 1 aliphatic heterocycles. The Morgan fingerprint density at radius 3 is 2.55 bits per heavy atom. The fourth-order valence-corrected chi connectivity index (χ4v) is 3.60. The van der Waals surface area contributed by atoms with Crippen LogP contribution in [-0.4, -0.2) is 69.2 Å². The van der Waals surface area contributed by atoms with Crippen molar-refractivity contribution in [1.29, 1.82) is 0 Å². The van der Waals surface area contributed by atoms with E-state index in [1.807, 2.05) is 31.1 Å². The molecule has 2 aromatic rings. The van der Waals surface area contributed by atoms with Crippen LogP contribution in [0.15, 0.2) is 42.6 Å². The molecule has 3 rings (SSSR count). The fourth-order valence-electron chi connectivity index (χ4n) is 3.60. The second-order valence-corrected chi connectivity index (χ2v) is 7.93. The number of aromatic nitrogens is 1. The maximum absolute atomic E-state index is 12.2. The number of hydrogen-bond donors (Lipinski definition) is 1. The number of rotatable bonds is 8. The molecule has 1 aliphatic rings. The van der Waals surface area contributed by atoms with Crippen LogP contribution in [0.1, 0.15) is 28.8 Å². The molecule has 1 N–H and O–H groups in total. The van der Waals surface area contributed by atoms with Gasteiger partial charge in [-0.3, -0.25) is 9.69 Å². The molecule has 0 radical (unpaired) electrons. The number of aryl methyl sites for hydroxylation is 1. The van der Waals surface area contributed by atoms with Crippen LogP contribution >= 0.6 is 0 Å². The van der Waals surface area contributed by atoms with Gasteiger partial charge in [0.2, 0.25) is 0 Å². The van der Waals surface area contributed by atoms with Crippen molar-refractivity contribution in [2.45, 2.75) is 19.8 Å². The van der Waals surface area contributed by atoms with E-state index in [2.05, 4.69) is 51.3 Å². The largest absolute Gasteiger partial charge is 0.369 e. The molecule has 2 heterocycles. The van der Waals surface area contributed by atoms with Gasteiger partial charge in [-0.05, 0) is 56.1 Å². The van der Waals surface area contributed by atoms with Gasteiger partial charge in [0.15, 0.2) is 0 Å². The number of piperazine rings is 1. The van der Waals surface area contributed by atoms with Crippen molar-refractivity contribution in [3.63, 3.8) is 0 Å². The monoisotopic (exact) mass is 395 g/mol. The summed E-state index contributed by atoms with van der Waals surface area (Å²) in [6.07, 6.45) is 3.73.